The number of hydrogen-bond donors (Lipinski definition) is 1. The maximum Gasteiger partial charge on any atom is 0.255 e. The second-order valence-electron chi connectivity index (χ2n) is 3.71. The van der Waals surface area contributed by atoms with Crippen LogP contribution in [0.3, 0.4) is 0 Å². The second-order valence-corrected chi connectivity index (χ2v) is 4.87. The average Bonchev–Trinajstić information content (AvgIpc) is 2.70. The quantitative estimate of drug-likeness (QED) is 0.655. The first-order valence-corrected chi connectivity index (χ1v) is 6.16. The maximum absolute atomic E-state index is 13.5. The Morgan fingerprint density at radius 1 is 1.38 bits per heavy atom. The molecule has 0 atom stereocenters. The van der Waals surface area contributed by atoms with E-state index in [1.807, 2.05) is 34.7 Å². The molecule has 1 N–H and O–H groups in total. The molecule has 0 bridgehead atoms. The fraction of sp³-hybridized carbons (Fsp3) is 0.250. The third-order valence-corrected chi connectivity index (χ3v) is 3.43. The van der Waals surface area contributed by atoms with Crippen LogP contribution in [-0.2, 0) is 0 Å². The van der Waals surface area contributed by atoms with Crippen LogP contribution in [-0.4, -0.2) is 11.9 Å². The average molecular weight is 331 g/mol. The second kappa shape index (κ2) is 4.95. The van der Waals surface area contributed by atoms with Crippen LogP contribution in [0, 0.1) is 9.39 Å². The minimum atomic E-state index is -0.463. The van der Waals surface area contributed by atoms with Crippen LogP contribution in [0.15, 0.2) is 30.4 Å². The first-order valence-electron chi connectivity index (χ1n) is 5.08. The zero-order valence-corrected chi connectivity index (χ0v) is 10.7. The highest BCUT2D eigenvalue weighted by atomic mass is 127. The summed E-state index contributed by atoms with van der Waals surface area (Å²) in [4.78, 5) is 11.9. The molecule has 0 unspecified atom stereocenters. The van der Waals surface area contributed by atoms with E-state index in [0.717, 1.165) is 12.8 Å². The van der Waals surface area contributed by atoms with Crippen molar-refractivity contribution < 1.29 is 9.18 Å². The minimum Gasteiger partial charge on any atom is -0.349 e. The van der Waals surface area contributed by atoms with Crippen molar-refractivity contribution in [3.8, 4) is 0 Å². The van der Waals surface area contributed by atoms with E-state index >= 15 is 0 Å². The Kier molecular flexibility index (Phi) is 3.58. The molecule has 0 fully saturated rings. The van der Waals surface area contributed by atoms with Gasteiger partial charge in [0, 0.05) is 9.61 Å². The van der Waals surface area contributed by atoms with Crippen LogP contribution in [0.1, 0.15) is 23.2 Å². The van der Waals surface area contributed by atoms with E-state index in [1.54, 1.807) is 12.1 Å². The van der Waals surface area contributed by atoms with Crippen molar-refractivity contribution in [2.45, 2.75) is 18.9 Å². The number of amides is 1. The number of carbonyl (C=O) groups excluding carboxylic acids is 1. The molecule has 2 nitrogen and oxygen atoms in total. The predicted molar refractivity (Wildman–Crippen MR) is 68.7 cm³/mol. The highest BCUT2D eigenvalue weighted by Crippen LogP contribution is 2.17. The summed E-state index contributed by atoms with van der Waals surface area (Å²) in [5.74, 6) is -0.786. The van der Waals surface area contributed by atoms with E-state index in [4.69, 9.17) is 0 Å². The van der Waals surface area contributed by atoms with Gasteiger partial charge in [0.25, 0.3) is 5.91 Å². The van der Waals surface area contributed by atoms with Crippen LogP contribution in [0.5, 0.6) is 0 Å². The Hall–Kier alpha value is -0.910. The molecule has 1 amide bonds. The summed E-state index contributed by atoms with van der Waals surface area (Å²) < 4.78 is 14.1. The van der Waals surface area contributed by atoms with Gasteiger partial charge in [-0.3, -0.25) is 4.79 Å². The largest absolute Gasteiger partial charge is 0.349 e. The van der Waals surface area contributed by atoms with Crippen LogP contribution in [0.2, 0.25) is 0 Å². The van der Waals surface area contributed by atoms with E-state index in [1.165, 1.54) is 6.07 Å². The van der Waals surface area contributed by atoms with Crippen molar-refractivity contribution in [2.24, 2.45) is 0 Å². The molecule has 0 radical (unpaired) electrons. The number of halogens is 2. The molecule has 4 heteroatoms. The van der Waals surface area contributed by atoms with Gasteiger partial charge in [0.2, 0.25) is 0 Å². The summed E-state index contributed by atoms with van der Waals surface area (Å²) >= 11 is 1.97. The molecule has 0 aliphatic heterocycles. The Morgan fingerprint density at radius 3 is 2.69 bits per heavy atom. The van der Waals surface area contributed by atoms with E-state index in [0.29, 0.717) is 3.57 Å². The molecule has 1 aromatic rings. The number of hydrogen-bond acceptors (Lipinski definition) is 1. The molecule has 1 aromatic carbocycles. The first kappa shape index (κ1) is 11.6. The van der Waals surface area contributed by atoms with Crippen LogP contribution in [0.4, 0.5) is 4.39 Å². The molecule has 1 aliphatic rings. The van der Waals surface area contributed by atoms with Gasteiger partial charge in [0.1, 0.15) is 5.82 Å². The van der Waals surface area contributed by atoms with Crippen molar-refractivity contribution in [1.29, 1.82) is 0 Å². The Morgan fingerprint density at radius 2 is 2.06 bits per heavy atom. The van der Waals surface area contributed by atoms with E-state index < -0.39 is 5.82 Å². The highest BCUT2D eigenvalue weighted by molar-refractivity contribution is 14.1. The molecule has 0 heterocycles. The summed E-state index contributed by atoms with van der Waals surface area (Å²) in [7, 11) is 0. The lowest BCUT2D eigenvalue weighted by Crippen LogP contribution is -2.33. The van der Waals surface area contributed by atoms with Gasteiger partial charge < -0.3 is 5.32 Å². The van der Waals surface area contributed by atoms with Crippen LogP contribution >= 0.6 is 22.6 Å². The van der Waals surface area contributed by atoms with Gasteiger partial charge in [-0.1, -0.05) is 18.2 Å². The zero-order valence-electron chi connectivity index (χ0n) is 8.54. The molecule has 0 aromatic heterocycles. The summed E-state index contributed by atoms with van der Waals surface area (Å²) in [5.41, 5.74) is 0.148. The Labute approximate surface area is 107 Å². The monoisotopic (exact) mass is 331 g/mol. The molecular weight excluding hydrogens is 320 g/mol. The third-order valence-electron chi connectivity index (χ3n) is 2.53. The summed E-state index contributed by atoms with van der Waals surface area (Å²) in [5, 5.41) is 2.83. The number of carbonyl (C=O) groups is 1. The van der Waals surface area contributed by atoms with E-state index in [-0.39, 0.29) is 17.5 Å². The van der Waals surface area contributed by atoms with Crippen LogP contribution in [0.25, 0.3) is 0 Å². The topological polar surface area (TPSA) is 29.1 Å². The molecule has 1 aliphatic carbocycles. The van der Waals surface area contributed by atoms with Crippen molar-refractivity contribution in [1.82, 2.24) is 5.32 Å². The van der Waals surface area contributed by atoms with Gasteiger partial charge in [0.05, 0.1) is 5.56 Å². The van der Waals surface area contributed by atoms with Gasteiger partial charge >= 0.3 is 0 Å². The van der Waals surface area contributed by atoms with Crippen molar-refractivity contribution in [2.75, 3.05) is 0 Å². The molecule has 84 valence electrons. The van der Waals surface area contributed by atoms with Gasteiger partial charge in [-0.15, -0.1) is 0 Å². The zero-order chi connectivity index (χ0) is 11.5. The highest BCUT2D eigenvalue weighted by Gasteiger charge is 2.19. The van der Waals surface area contributed by atoms with Crippen molar-refractivity contribution >= 4 is 28.5 Å². The van der Waals surface area contributed by atoms with Gasteiger partial charge in [-0.2, -0.15) is 0 Å². The molecule has 0 saturated heterocycles. The Bertz CT molecular complexity index is 416. The maximum atomic E-state index is 13.5. The van der Waals surface area contributed by atoms with Crippen molar-refractivity contribution in [3.05, 3.63) is 45.3 Å². The lowest BCUT2D eigenvalue weighted by Gasteiger charge is -2.13. The molecule has 0 saturated carbocycles. The first-order chi connectivity index (χ1) is 7.68. The fourth-order valence-electron chi connectivity index (χ4n) is 1.71. The molecular formula is C12H11FINO. The molecule has 16 heavy (non-hydrogen) atoms. The minimum absolute atomic E-state index is 0.114. The normalized spacial score (nSPS) is 15.4. The van der Waals surface area contributed by atoms with Crippen LogP contribution < -0.4 is 5.32 Å². The van der Waals surface area contributed by atoms with Crippen molar-refractivity contribution in [3.63, 3.8) is 0 Å². The number of rotatable bonds is 2. The lowest BCUT2D eigenvalue weighted by atomic mass is 10.1. The summed E-state index contributed by atoms with van der Waals surface area (Å²) in [6.07, 6.45) is 5.71. The smallest absolute Gasteiger partial charge is 0.255 e. The van der Waals surface area contributed by atoms with E-state index in [2.05, 4.69) is 5.32 Å². The standard InChI is InChI=1S/C12H11FINO/c13-9-6-3-7-10(14)11(9)12(16)15-8-4-1-2-5-8/h1-3,6-8H,4-5H2,(H,15,16). The summed E-state index contributed by atoms with van der Waals surface area (Å²) in [6, 6.07) is 4.75. The summed E-state index contributed by atoms with van der Waals surface area (Å²) in [6.45, 7) is 0. The van der Waals surface area contributed by atoms with Gasteiger partial charge in [-0.25, -0.2) is 4.39 Å². The third kappa shape index (κ3) is 2.42. The lowest BCUT2D eigenvalue weighted by molar-refractivity contribution is 0.0934. The fourth-order valence-corrected chi connectivity index (χ4v) is 2.42. The Balaban J connectivity index is 2.14. The molecule has 2 rings (SSSR count). The number of benzene rings is 1. The van der Waals surface area contributed by atoms with Gasteiger partial charge in [0.15, 0.2) is 0 Å². The SMILES string of the molecule is O=C(NC1CC=CC1)c1c(F)cccc1I. The molecule has 0 spiro atoms. The number of nitrogens with one attached hydrogen (secondary N) is 1. The predicted octanol–water partition coefficient (Wildman–Crippen LogP) is 2.88. The van der Waals surface area contributed by atoms with Gasteiger partial charge in [-0.05, 0) is 47.6 Å². The van der Waals surface area contributed by atoms with E-state index in [9.17, 15) is 9.18 Å².